The molecule has 2 aliphatic rings. The number of alkyl halides is 3. The first kappa shape index (κ1) is 26.4. The van der Waals surface area contributed by atoms with Crippen molar-refractivity contribution in [3.8, 4) is 0 Å². The molecule has 12 heteroatoms. The molecule has 0 atom stereocenters. The number of benzene rings is 1. The number of nitrogens with one attached hydrogen (secondary N) is 4. The number of anilines is 2. The van der Waals surface area contributed by atoms with Crippen LogP contribution in [-0.4, -0.2) is 33.8 Å². The summed E-state index contributed by atoms with van der Waals surface area (Å²) in [4.78, 5) is 17.6. The third kappa shape index (κ3) is 5.25. The number of pyridine rings is 1. The maximum Gasteiger partial charge on any atom is 0.416 e. The van der Waals surface area contributed by atoms with Gasteiger partial charge in [0.15, 0.2) is 0 Å². The van der Waals surface area contributed by atoms with E-state index >= 15 is 0 Å². The van der Waals surface area contributed by atoms with Gasteiger partial charge in [0.1, 0.15) is 0 Å². The highest BCUT2D eigenvalue weighted by atomic mass is 19.4. The molecule has 0 bridgehead atoms. The second-order valence-corrected chi connectivity index (χ2v) is 9.58. The monoisotopic (exact) mass is 538 g/mol. The van der Waals surface area contributed by atoms with Gasteiger partial charge in [-0.1, -0.05) is 6.08 Å². The normalized spacial score (nSPS) is 15.6. The summed E-state index contributed by atoms with van der Waals surface area (Å²) in [6.07, 6.45) is 2.91. The molecule has 0 spiro atoms. The average Bonchev–Trinajstić information content (AvgIpc) is 3.51. The molecule has 0 fully saturated rings. The van der Waals surface area contributed by atoms with Crippen molar-refractivity contribution < 1.29 is 18.0 Å². The highest BCUT2D eigenvalue weighted by molar-refractivity contribution is 6.05. The van der Waals surface area contributed by atoms with Crippen LogP contribution in [0.1, 0.15) is 50.4 Å². The van der Waals surface area contributed by atoms with E-state index in [9.17, 15) is 18.0 Å². The van der Waals surface area contributed by atoms with Gasteiger partial charge in [-0.05, 0) is 68.6 Å². The Hall–Kier alpha value is -4.16. The molecule has 0 unspecified atom stereocenters. The van der Waals surface area contributed by atoms with E-state index in [4.69, 9.17) is 0 Å². The number of nitrogens with zero attached hydrogens (tertiary/aromatic N) is 4. The van der Waals surface area contributed by atoms with Crippen LogP contribution in [0.25, 0.3) is 11.3 Å². The van der Waals surface area contributed by atoms with Crippen LogP contribution in [0.5, 0.6) is 0 Å². The van der Waals surface area contributed by atoms with E-state index in [1.165, 1.54) is 13.1 Å². The van der Waals surface area contributed by atoms with Crippen LogP contribution in [0, 0.1) is 20.8 Å². The van der Waals surface area contributed by atoms with E-state index in [0.717, 1.165) is 28.6 Å². The molecule has 4 heterocycles. The van der Waals surface area contributed by atoms with Crippen molar-refractivity contribution in [1.29, 1.82) is 0 Å². The number of carbonyl (C=O) groups is 1. The number of hydrogen-bond acceptors (Lipinski definition) is 7. The topological polar surface area (TPSA) is 99.1 Å². The zero-order valence-corrected chi connectivity index (χ0v) is 22.0. The van der Waals surface area contributed by atoms with Crippen molar-refractivity contribution in [1.82, 2.24) is 31.0 Å². The zero-order valence-electron chi connectivity index (χ0n) is 22.0. The van der Waals surface area contributed by atoms with Crippen molar-refractivity contribution in [3.63, 3.8) is 0 Å². The first-order valence-corrected chi connectivity index (χ1v) is 12.4. The van der Waals surface area contributed by atoms with Crippen molar-refractivity contribution in [2.75, 3.05) is 23.4 Å². The van der Waals surface area contributed by atoms with Crippen molar-refractivity contribution in [3.05, 3.63) is 82.1 Å². The standard InChI is InChI=1S/C27H29F3N8O/c1-15-21(18-5-7-31-8-6-18)10-20(11-23(15)27(28,29)30)34-26(39)19-9-25(16(2)32-12-19)38-14-24(35-36-38)22-13-33-37(4)17(22)3/h5,9-14,31,35-36H,6-8H2,1-4H3,(H,34,39). The van der Waals surface area contributed by atoms with Gasteiger partial charge in [0, 0.05) is 42.9 Å². The maximum absolute atomic E-state index is 13.9. The van der Waals surface area contributed by atoms with Crippen LogP contribution < -0.4 is 26.6 Å². The number of aryl methyl sites for hydroxylation is 2. The molecule has 0 saturated heterocycles. The zero-order chi connectivity index (χ0) is 27.9. The Balaban J connectivity index is 1.44. The lowest BCUT2D eigenvalue weighted by Crippen LogP contribution is -2.36. The minimum Gasteiger partial charge on any atom is -0.322 e. The van der Waals surface area contributed by atoms with Gasteiger partial charge in [0.05, 0.1) is 34.4 Å². The van der Waals surface area contributed by atoms with Gasteiger partial charge in [0.2, 0.25) is 0 Å². The lowest BCUT2D eigenvalue weighted by molar-refractivity contribution is -0.138. The van der Waals surface area contributed by atoms with E-state index in [0.29, 0.717) is 36.5 Å². The lowest BCUT2D eigenvalue weighted by Gasteiger charge is -2.21. The Morgan fingerprint density at radius 2 is 1.90 bits per heavy atom. The molecule has 9 nitrogen and oxygen atoms in total. The van der Waals surface area contributed by atoms with Crippen molar-refractivity contribution in [2.45, 2.75) is 33.4 Å². The highest BCUT2D eigenvalue weighted by Gasteiger charge is 2.34. The van der Waals surface area contributed by atoms with Crippen LogP contribution in [0.15, 0.2) is 42.9 Å². The number of rotatable bonds is 5. The van der Waals surface area contributed by atoms with E-state index < -0.39 is 17.6 Å². The molecule has 0 saturated carbocycles. The van der Waals surface area contributed by atoms with Gasteiger partial charge in [-0.3, -0.25) is 19.5 Å². The SMILES string of the molecule is Cc1ncc(C(=O)Nc2cc(C3=CCNCC3)c(C)c(C(F)(F)F)c2)cc1N1C=C(c2cnn(C)c2C)NN1. The summed E-state index contributed by atoms with van der Waals surface area (Å²) in [6, 6.07) is 4.23. The van der Waals surface area contributed by atoms with Crippen LogP contribution in [-0.2, 0) is 13.2 Å². The minimum absolute atomic E-state index is 0.0738. The first-order chi connectivity index (χ1) is 18.5. The molecular weight excluding hydrogens is 509 g/mol. The van der Waals surface area contributed by atoms with E-state index in [1.54, 1.807) is 34.9 Å². The molecule has 3 aromatic rings. The molecule has 204 valence electrons. The minimum atomic E-state index is -4.56. The molecule has 1 amide bonds. The predicted octanol–water partition coefficient (Wildman–Crippen LogP) is 4.22. The largest absolute Gasteiger partial charge is 0.416 e. The molecule has 0 radical (unpaired) electrons. The highest BCUT2D eigenvalue weighted by Crippen LogP contribution is 2.38. The van der Waals surface area contributed by atoms with Crippen LogP contribution in [0.2, 0.25) is 0 Å². The van der Waals surface area contributed by atoms with Gasteiger partial charge >= 0.3 is 6.18 Å². The summed E-state index contributed by atoms with van der Waals surface area (Å²) in [5, 5.41) is 11.8. The summed E-state index contributed by atoms with van der Waals surface area (Å²) in [6.45, 7) is 6.48. The predicted molar refractivity (Wildman–Crippen MR) is 143 cm³/mol. The van der Waals surface area contributed by atoms with Gasteiger partial charge in [-0.15, -0.1) is 5.53 Å². The molecule has 2 aromatic heterocycles. The number of aromatic nitrogens is 3. The summed E-state index contributed by atoms with van der Waals surface area (Å²) in [5.74, 6) is -0.564. The number of amides is 1. The van der Waals surface area contributed by atoms with Gasteiger partial charge in [-0.2, -0.15) is 18.3 Å². The van der Waals surface area contributed by atoms with Crippen LogP contribution in [0.4, 0.5) is 24.5 Å². The van der Waals surface area contributed by atoms with E-state index in [2.05, 4.69) is 31.7 Å². The Morgan fingerprint density at radius 1 is 1.10 bits per heavy atom. The fraction of sp³-hybridized carbons (Fsp3) is 0.296. The van der Waals surface area contributed by atoms with Gasteiger partial charge in [-0.25, -0.2) is 0 Å². The molecular formula is C27H29F3N8O. The van der Waals surface area contributed by atoms with Crippen molar-refractivity contribution in [2.24, 2.45) is 7.05 Å². The van der Waals surface area contributed by atoms with Gasteiger partial charge in [0.25, 0.3) is 5.91 Å². The fourth-order valence-corrected chi connectivity index (χ4v) is 4.72. The fourth-order valence-electron chi connectivity index (χ4n) is 4.72. The van der Waals surface area contributed by atoms with Gasteiger partial charge < -0.3 is 16.1 Å². The lowest BCUT2D eigenvalue weighted by atomic mass is 9.92. The molecule has 39 heavy (non-hydrogen) atoms. The smallest absolute Gasteiger partial charge is 0.322 e. The molecule has 2 aliphatic heterocycles. The summed E-state index contributed by atoms with van der Waals surface area (Å²) >= 11 is 0. The summed E-state index contributed by atoms with van der Waals surface area (Å²) < 4.78 is 43.5. The molecule has 1 aromatic carbocycles. The third-order valence-electron chi connectivity index (χ3n) is 7.06. The van der Waals surface area contributed by atoms with E-state index in [1.807, 2.05) is 26.2 Å². The Bertz CT molecular complexity index is 1510. The van der Waals surface area contributed by atoms with E-state index in [-0.39, 0.29) is 16.8 Å². The second kappa shape index (κ2) is 10.2. The quantitative estimate of drug-likeness (QED) is 0.386. The Morgan fingerprint density at radius 3 is 2.56 bits per heavy atom. The number of carbonyl (C=O) groups excluding carboxylic acids is 1. The number of halogens is 3. The van der Waals surface area contributed by atoms with Crippen molar-refractivity contribution >= 4 is 28.6 Å². The maximum atomic E-state index is 13.9. The number of hydrazine groups is 2. The summed E-state index contributed by atoms with van der Waals surface area (Å²) in [7, 11) is 1.85. The van der Waals surface area contributed by atoms with Crippen LogP contribution in [0.3, 0.4) is 0 Å². The number of hydrogen-bond donors (Lipinski definition) is 4. The third-order valence-corrected chi connectivity index (χ3v) is 7.06. The average molecular weight is 539 g/mol. The van der Waals surface area contributed by atoms with Crippen LogP contribution >= 0.6 is 0 Å². The molecule has 5 rings (SSSR count). The molecule has 0 aliphatic carbocycles. The summed E-state index contributed by atoms with van der Waals surface area (Å²) in [5.41, 5.74) is 11.0. The Labute approximate surface area is 223 Å². The first-order valence-electron chi connectivity index (χ1n) is 12.4. The Kier molecular flexibility index (Phi) is 6.91. The second-order valence-electron chi connectivity index (χ2n) is 9.58. The molecule has 4 N–H and O–H groups in total.